The van der Waals surface area contributed by atoms with E-state index >= 15 is 0 Å². The Hall–Kier alpha value is -2.82. The van der Waals surface area contributed by atoms with Crippen LogP contribution in [0.2, 0.25) is 0 Å². The van der Waals surface area contributed by atoms with Gasteiger partial charge >= 0.3 is 0 Å². The van der Waals surface area contributed by atoms with Crippen molar-refractivity contribution in [1.29, 1.82) is 0 Å². The van der Waals surface area contributed by atoms with E-state index < -0.39 is 0 Å². The number of nitrogen functional groups attached to an aromatic ring is 1. The first-order valence-corrected chi connectivity index (χ1v) is 7.67. The molecule has 0 atom stereocenters. The van der Waals surface area contributed by atoms with Gasteiger partial charge in [-0.25, -0.2) is 4.68 Å². The second kappa shape index (κ2) is 6.52. The third-order valence-corrected chi connectivity index (χ3v) is 3.76. The number of aromatic nitrogens is 3. The SMILES string of the molecule is CCCc1ccc(-c2cn(-c3ccc(OC)c(N)c3)nn2)cc1. The Morgan fingerprint density at radius 1 is 1.13 bits per heavy atom. The molecular formula is C18H20N4O. The molecule has 0 saturated carbocycles. The molecule has 2 N–H and O–H groups in total. The molecule has 0 radical (unpaired) electrons. The lowest BCUT2D eigenvalue weighted by molar-refractivity contribution is 0.417. The lowest BCUT2D eigenvalue weighted by Crippen LogP contribution is -1.98. The van der Waals surface area contributed by atoms with Gasteiger partial charge in [-0.3, -0.25) is 0 Å². The Labute approximate surface area is 135 Å². The number of nitrogens with zero attached hydrogens (tertiary/aromatic N) is 3. The quantitative estimate of drug-likeness (QED) is 0.733. The zero-order chi connectivity index (χ0) is 16.2. The molecular weight excluding hydrogens is 288 g/mol. The van der Waals surface area contributed by atoms with Crippen molar-refractivity contribution in [3.05, 3.63) is 54.2 Å². The molecule has 0 aliphatic rings. The van der Waals surface area contributed by atoms with Crippen molar-refractivity contribution in [2.45, 2.75) is 19.8 Å². The zero-order valence-electron chi connectivity index (χ0n) is 13.4. The summed E-state index contributed by atoms with van der Waals surface area (Å²) in [5.41, 5.74) is 10.6. The summed E-state index contributed by atoms with van der Waals surface area (Å²) < 4.78 is 6.88. The fourth-order valence-electron chi connectivity index (χ4n) is 2.52. The van der Waals surface area contributed by atoms with Crippen LogP contribution < -0.4 is 10.5 Å². The monoisotopic (exact) mass is 308 g/mol. The van der Waals surface area contributed by atoms with Crippen molar-refractivity contribution in [3.63, 3.8) is 0 Å². The molecule has 0 saturated heterocycles. The van der Waals surface area contributed by atoms with E-state index in [9.17, 15) is 0 Å². The maximum absolute atomic E-state index is 5.95. The number of nitrogens with two attached hydrogens (primary N) is 1. The highest BCUT2D eigenvalue weighted by atomic mass is 16.5. The summed E-state index contributed by atoms with van der Waals surface area (Å²) in [5.74, 6) is 0.653. The fourth-order valence-corrected chi connectivity index (χ4v) is 2.52. The van der Waals surface area contributed by atoms with Crippen LogP contribution >= 0.6 is 0 Å². The van der Waals surface area contributed by atoms with E-state index in [1.165, 1.54) is 5.56 Å². The van der Waals surface area contributed by atoms with Crippen LogP contribution in [0.5, 0.6) is 5.75 Å². The molecule has 1 aromatic heterocycles. The van der Waals surface area contributed by atoms with Gasteiger partial charge in [-0.05, 0) is 30.2 Å². The van der Waals surface area contributed by atoms with Gasteiger partial charge in [0.25, 0.3) is 0 Å². The minimum Gasteiger partial charge on any atom is -0.495 e. The average molecular weight is 308 g/mol. The molecule has 118 valence electrons. The van der Waals surface area contributed by atoms with Gasteiger partial charge < -0.3 is 10.5 Å². The van der Waals surface area contributed by atoms with Crippen LogP contribution in [0.1, 0.15) is 18.9 Å². The predicted molar refractivity (Wildman–Crippen MR) is 91.8 cm³/mol. The summed E-state index contributed by atoms with van der Waals surface area (Å²) in [4.78, 5) is 0. The van der Waals surface area contributed by atoms with E-state index in [4.69, 9.17) is 10.5 Å². The normalized spacial score (nSPS) is 10.7. The molecule has 23 heavy (non-hydrogen) atoms. The number of ether oxygens (including phenoxy) is 1. The smallest absolute Gasteiger partial charge is 0.141 e. The van der Waals surface area contributed by atoms with Crippen LogP contribution in [0.3, 0.4) is 0 Å². The van der Waals surface area contributed by atoms with Crippen LogP contribution in [-0.4, -0.2) is 22.1 Å². The highest BCUT2D eigenvalue weighted by Crippen LogP contribution is 2.25. The van der Waals surface area contributed by atoms with Crippen molar-refractivity contribution in [2.75, 3.05) is 12.8 Å². The number of methoxy groups -OCH3 is 1. The van der Waals surface area contributed by atoms with E-state index in [0.717, 1.165) is 29.8 Å². The third-order valence-electron chi connectivity index (χ3n) is 3.76. The molecule has 3 rings (SSSR count). The van der Waals surface area contributed by atoms with Crippen LogP contribution in [0.25, 0.3) is 16.9 Å². The first kappa shape index (κ1) is 15.1. The molecule has 0 fully saturated rings. The van der Waals surface area contributed by atoms with Gasteiger partial charge in [0.05, 0.1) is 24.7 Å². The number of hydrogen-bond acceptors (Lipinski definition) is 4. The maximum Gasteiger partial charge on any atom is 0.141 e. The Kier molecular flexibility index (Phi) is 4.28. The Bertz CT molecular complexity index is 793. The number of benzene rings is 2. The van der Waals surface area contributed by atoms with Gasteiger partial charge in [0.2, 0.25) is 0 Å². The molecule has 5 nitrogen and oxygen atoms in total. The number of hydrogen-bond donors (Lipinski definition) is 1. The van der Waals surface area contributed by atoms with Gasteiger partial charge in [-0.2, -0.15) is 0 Å². The average Bonchev–Trinajstić information content (AvgIpc) is 3.06. The predicted octanol–water partition coefficient (Wildman–Crippen LogP) is 3.48. The highest BCUT2D eigenvalue weighted by molar-refractivity contribution is 5.61. The van der Waals surface area contributed by atoms with Gasteiger partial charge in [0.1, 0.15) is 11.4 Å². The molecule has 0 aliphatic heterocycles. The molecule has 0 amide bonds. The van der Waals surface area contributed by atoms with Gasteiger partial charge in [-0.15, -0.1) is 5.10 Å². The molecule has 3 aromatic rings. The summed E-state index contributed by atoms with van der Waals surface area (Å²) in [5, 5.41) is 8.44. The largest absolute Gasteiger partial charge is 0.495 e. The zero-order valence-corrected chi connectivity index (χ0v) is 13.4. The minimum absolute atomic E-state index is 0.575. The van der Waals surface area contributed by atoms with Gasteiger partial charge in [0.15, 0.2) is 0 Å². The van der Waals surface area contributed by atoms with Crippen molar-refractivity contribution >= 4 is 5.69 Å². The maximum atomic E-state index is 5.95. The first-order chi connectivity index (χ1) is 11.2. The second-order valence-electron chi connectivity index (χ2n) is 5.42. The van der Waals surface area contributed by atoms with Crippen LogP contribution in [0.15, 0.2) is 48.7 Å². The van der Waals surface area contributed by atoms with Crippen LogP contribution in [0.4, 0.5) is 5.69 Å². The summed E-state index contributed by atoms with van der Waals surface area (Å²) in [6, 6.07) is 14.0. The standard InChI is InChI=1S/C18H20N4O/c1-3-4-13-5-7-14(8-6-13)17-12-22(21-20-17)15-9-10-18(23-2)16(19)11-15/h5-12H,3-4,19H2,1-2H3. The van der Waals surface area contributed by atoms with E-state index in [1.807, 2.05) is 24.4 Å². The summed E-state index contributed by atoms with van der Waals surface area (Å²) in [7, 11) is 1.60. The van der Waals surface area contributed by atoms with E-state index in [-0.39, 0.29) is 0 Å². The molecule has 2 aromatic carbocycles. The lowest BCUT2D eigenvalue weighted by Gasteiger charge is -2.06. The molecule has 5 heteroatoms. The molecule has 0 spiro atoms. The van der Waals surface area contributed by atoms with Crippen LogP contribution in [-0.2, 0) is 6.42 Å². The van der Waals surface area contributed by atoms with Crippen molar-refractivity contribution < 1.29 is 4.74 Å². The molecule has 0 bridgehead atoms. The number of aryl methyl sites for hydroxylation is 1. The van der Waals surface area contributed by atoms with Crippen molar-refractivity contribution in [2.24, 2.45) is 0 Å². The lowest BCUT2D eigenvalue weighted by atomic mass is 10.1. The van der Waals surface area contributed by atoms with E-state index in [1.54, 1.807) is 11.8 Å². The van der Waals surface area contributed by atoms with Gasteiger partial charge in [-0.1, -0.05) is 42.8 Å². The molecule has 1 heterocycles. The Morgan fingerprint density at radius 3 is 2.57 bits per heavy atom. The second-order valence-corrected chi connectivity index (χ2v) is 5.42. The summed E-state index contributed by atoms with van der Waals surface area (Å²) in [6.45, 7) is 2.18. The van der Waals surface area contributed by atoms with E-state index in [0.29, 0.717) is 11.4 Å². The van der Waals surface area contributed by atoms with Crippen molar-refractivity contribution in [1.82, 2.24) is 15.0 Å². The van der Waals surface area contributed by atoms with Crippen molar-refractivity contribution in [3.8, 4) is 22.7 Å². The summed E-state index contributed by atoms with van der Waals surface area (Å²) >= 11 is 0. The van der Waals surface area contributed by atoms with E-state index in [2.05, 4.69) is 41.5 Å². The summed E-state index contributed by atoms with van der Waals surface area (Å²) in [6.07, 6.45) is 4.14. The topological polar surface area (TPSA) is 66.0 Å². The molecule has 0 aliphatic carbocycles. The third kappa shape index (κ3) is 3.18. The molecule has 0 unspecified atom stereocenters. The highest BCUT2D eigenvalue weighted by Gasteiger charge is 2.07. The number of rotatable bonds is 5. The Morgan fingerprint density at radius 2 is 1.91 bits per heavy atom. The van der Waals surface area contributed by atoms with Crippen LogP contribution in [0, 0.1) is 0 Å². The van der Waals surface area contributed by atoms with Gasteiger partial charge in [0, 0.05) is 5.56 Å². The fraction of sp³-hybridized carbons (Fsp3) is 0.222. The first-order valence-electron chi connectivity index (χ1n) is 7.67. The minimum atomic E-state index is 0.575. The number of anilines is 1. The Balaban J connectivity index is 1.86.